The monoisotopic (exact) mass is 280 g/mol. The summed E-state index contributed by atoms with van der Waals surface area (Å²) < 4.78 is 1.30. The third kappa shape index (κ3) is 2.25. The molecule has 1 aliphatic heterocycles. The van der Waals surface area contributed by atoms with Crippen molar-refractivity contribution in [3.63, 3.8) is 0 Å². The highest BCUT2D eigenvalue weighted by Crippen LogP contribution is 2.18. The predicted octanol–water partition coefficient (Wildman–Crippen LogP) is -0.580. The predicted molar refractivity (Wildman–Crippen MR) is 65.7 cm³/mol. The lowest BCUT2D eigenvalue weighted by Crippen LogP contribution is -2.58. The number of hydrogen-bond donors (Lipinski definition) is 1. The van der Waals surface area contributed by atoms with E-state index in [1.807, 2.05) is 0 Å². The highest BCUT2D eigenvalue weighted by molar-refractivity contribution is 6.06. The van der Waals surface area contributed by atoms with Crippen molar-refractivity contribution in [3.8, 4) is 0 Å². The van der Waals surface area contributed by atoms with Crippen LogP contribution in [0.25, 0.3) is 0 Å². The minimum atomic E-state index is -0.811. The number of carbonyl (C=O) groups is 3. The Morgan fingerprint density at radius 2 is 2.15 bits per heavy atom. The number of hydrogen-bond acceptors (Lipinski definition) is 5. The summed E-state index contributed by atoms with van der Waals surface area (Å²) in [5.74, 6) is -1.75. The fraction of sp³-hybridized carbons (Fsp3) is 0.364. The van der Waals surface area contributed by atoms with Gasteiger partial charge in [-0.15, -0.1) is 0 Å². The largest absolute Gasteiger partial charge is 0.340 e. The minimum absolute atomic E-state index is 0.0473. The molecule has 1 saturated heterocycles. The Morgan fingerprint density at radius 3 is 2.70 bits per heavy atom. The van der Waals surface area contributed by atoms with Gasteiger partial charge >= 0.3 is 0 Å². The first-order chi connectivity index (χ1) is 9.31. The van der Waals surface area contributed by atoms with Crippen LogP contribution in [0.15, 0.2) is 12.3 Å². The normalized spacial score (nSPS) is 18.9. The van der Waals surface area contributed by atoms with E-state index >= 15 is 0 Å². The van der Waals surface area contributed by atoms with Crippen LogP contribution in [0.4, 0.5) is 5.69 Å². The number of carbonyl (C=O) groups excluding carboxylic acids is 3. The number of nitrogens with zero attached hydrogens (tertiary/aromatic N) is 3. The molecule has 9 heteroatoms. The fourth-order valence-electron chi connectivity index (χ4n) is 1.97. The van der Waals surface area contributed by atoms with Gasteiger partial charge in [0.25, 0.3) is 11.6 Å². The molecule has 3 amide bonds. The van der Waals surface area contributed by atoms with Crippen LogP contribution in [0.2, 0.25) is 0 Å². The summed E-state index contributed by atoms with van der Waals surface area (Å²) >= 11 is 0. The van der Waals surface area contributed by atoms with Crippen LogP contribution >= 0.6 is 0 Å². The molecular weight excluding hydrogens is 268 g/mol. The molecule has 1 aromatic rings. The molecule has 0 aromatic carbocycles. The number of imide groups is 1. The molecule has 0 spiro atoms. The summed E-state index contributed by atoms with van der Waals surface area (Å²) in [7, 11) is 1.48. The summed E-state index contributed by atoms with van der Waals surface area (Å²) in [6, 6.07) is 0.306. The molecular formula is C11H12N4O5. The number of amides is 3. The quantitative estimate of drug-likeness (QED) is 0.442. The summed E-state index contributed by atoms with van der Waals surface area (Å²) in [4.78, 5) is 46.3. The zero-order valence-electron chi connectivity index (χ0n) is 10.8. The fourth-order valence-corrected chi connectivity index (χ4v) is 1.97. The van der Waals surface area contributed by atoms with Gasteiger partial charge in [0.1, 0.15) is 18.3 Å². The van der Waals surface area contributed by atoms with Crippen molar-refractivity contribution in [1.29, 1.82) is 0 Å². The average Bonchev–Trinajstić information content (AvgIpc) is 2.75. The van der Waals surface area contributed by atoms with Gasteiger partial charge in [-0.05, 0) is 6.92 Å². The van der Waals surface area contributed by atoms with E-state index in [4.69, 9.17) is 0 Å². The van der Waals surface area contributed by atoms with Crippen molar-refractivity contribution in [3.05, 3.63) is 28.1 Å². The molecule has 0 aliphatic carbocycles. The zero-order chi connectivity index (χ0) is 15.0. The lowest BCUT2D eigenvalue weighted by atomic mass is 10.2. The van der Waals surface area contributed by atoms with E-state index in [2.05, 4.69) is 5.32 Å². The summed E-state index contributed by atoms with van der Waals surface area (Å²) in [5, 5.41) is 12.8. The number of aryl methyl sites for hydroxylation is 1. The molecule has 2 heterocycles. The summed E-state index contributed by atoms with van der Waals surface area (Å²) in [6.07, 6.45) is 1.20. The van der Waals surface area contributed by atoms with E-state index in [1.54, 1.807) is 0 Å². The van der Waals surface area contributed by atoms with Crippen molar-refractivity contribution >= 4 is 23.4 Å². The van der Waals surface area contributed by atoms with Gasteiger partial charge in [-0.3, -0.25) is 29.8 Å². The van der Waals surface area contributed by atoms with Crippen LogP contribution in [0.5, 0.6) is 0 Å². The van der Waals surface area contributed by atoms with E-state index in [0.717, 1.165) is 11.0 Å². The van der Waals surface area contributed by atoms with Crippen molar-refractivity contribution in [1.82, 2.24) is 14.8 Å². The summed E-state index contributed by atoms with van der Waals surface area (Å²) in [5.41, 5.74) is -0.178. The van der Waals surface area contributed by atoms with Crippen molar-refractivity contribution in [2.75, 3.05) is 6.54 Å². The first-order valence-corrected chi connectivity index (χ1v) is 5.76. The first kappa shape index (κ1) is 13.7. The van der Waals surface area contributed by atoms with Crippen LogP contribution in [0.3, 0.4) is 0 Å². The Labute approximate surface area is 113 Å². The van der Waals surface area contributed by atoms with Crippen LogP contribution in [0, 0.1) is 10.1 Å². The van der Waals surface area contributed by atoms with Crippen molar-refractivity contribution in [2.45, 2.75) is 13.0 Å². The van der Waals surface area contributed by atoms with E-state index < -0.39 is 28.7 Å². The van der Waals surface area contributed by atoms with Gasteiger partial charge in [-0.25, -0.2) is 0 Å². The highest BCUT2D eigenvalue weighted by Gasteiger charge is 2.35. The highest BCUT2D eigenvalue weighted by atomic mass is 16.6. The van der Waals surface area contributed by atoms with Crippen LogP contribution < -0.4 is 5.32 Å². The molecule has 0 radical (unpaired) electrons. The smallest absolute Gasteiger partial charge is 0.287 e. The van der Waals surface area contributed by atoms with Gasteiger partial charge in [0.05, 0.1) is 11.1 Å². The SMILES string of the molecule is CC1C(=O)NC(=O)CN1C(=O)c1cc([N+](=O)[O-])cn1C. The molecule has 1 aliphatic rings. The standard InChI is InChI=1S/C11H12N4O5/c1-6-10(17)12-9(16)5-14(6)11(18)8-3-7(15(19)20)4-13(8)2/h3-4,6H,5H2,1-2H3,(H,12,16,17). The molecule has 1 atom stereocenters. The van der Waals surface area contributed by atoms with Gasteiger partial charge in [0.2, 0.25) is 11.8 Å². The Hall–Kier alpha value is -2.71. The Bertz CT molecular complexity index is 620. The Balaban J connectivity index is 2.33. The number of piperazine rings is 1. The van der Waals surface area contributed by atoms with Gasteiger partial charge in [0.15, 0.2) is 0 Å². The third-order valence-corrected chi connectivity index (χ3v) is 3.10. The molecule has 1 unspecified atom stereocenters. The van der Waals surface area contributed by atoms with Crippen molar-refractivity contribution in [2.24, 2.45) is 7.05 Å². The molecule has 0 bridgehead atoms. The zero-order valence-corrected chi connectivity index (χ0v) is 10.8. The number of nitro groups is 1. The second-order valence-corrected chi connectivity index (χ2v) is 4.47. The number of aromatic nitrogens is 1. The van der Waals surface area contributed by atoms with E-state index in [0.29, 0.717) is 0 Å². The summed E-state index contributed by atoms with van der Waals surface area (Å²) in [6.45, 7) is 1.22. The van der Waals surface area contributed by atoms with Crippen LogP contribution in [0.1, 0.15) is 17.4 Å². The third-order valence-electron chi connectivity index (χ3n) is 3.10. The second kappa shape index (κ2) is 4.76. The van der Waals surface area contributed by atoms with Crippen LogP contribution in [-0.4, -0.2) is 44.7 Å². The molecule has 1 N–H and O–H groups in total. The van der Waals surface area contributed by atoms with E-state index in [9.17, 15) is 24.5 Å². The maximum atomic E-state index is 12.3. The lowest BCUT2D eigenvalue weighted by molar-refractivity contribution is -0.384. The molecule has 1 fully saturated rings. The molecule has 9 nitrogen and oxygen atoms in total. The van der Waals surface area contributed by atoms with Crippen molar-refractivity contribution < 1.29 is 19.3 Å². The minimum Gasteiger partial charge on any atom is -0.340 e. The molecule has 106 valence electrons. The van der Waals surface area contributed by atoms with Gasteiger partial charge in [0, 0.05) is 13.1 Å². The molecule has 20 heavy (non-hydrogen) atoms. The lowest BCUT2D eigenvalue weighted by Gasteiger charge is -2.31. The topological polar surface area (TPSA) is 115 Å². The van der Waals surface area contributed by atoms with Crippen LogP contribution in [-0.2, 0) is 16.6 Å². The molecule has 2 rings (SSSR count). The average molecular weight is 280 g/mol. The molecule has 1 aromatic heterocycles. The Kier molecular flexibility index (Phi) is 3.26. The Morgan fingerprint density at radius 1 is 1.50 bits per heavy atom. The number of nitrogens with one attached hydrogen (secondary N) is 1. The maximum absolute atomic E-state index is 12.3. The number of rotatable bonds is 2. The van der Waals surface area contributed by atoms with Gasteiger partial charge < -0.3 is 9.47 Å². The van der Waals surface area contributed by atoms with E-state index in [1.165, 1.54) is 24.7 Å². The maximum Gasteiger partial charge on any atom is 0.287 e. The second-order valence-electron chi connectivity index (χ2n) is 4.47. The first-order valence-electron chi connectivity index (χ1n) is 5.76. The van der Waals surface area contributed by atoms with E-state index in [-0.39, 0.29) is 17.9 Å². The molecule has 0 saturated carbocycles. The van der Waals surface area contributed by atoms with Gasteiger partial charge in [-0.1, -0.05) is 0 Å². The van der Waals surface area contributed by atoms with Gasteiger partial charge in [-0.2, -0.15) is 0 Å².